The first-order chi connectivity index (χ1) is 7.22. The van der Waals surface area contributed by atoms with E-state index in [1.807, 2.05) is 0 Å². The fourth-order valence-electron chi connectivity index (χ4n) is 1.36. The molecule has 80 valence electrons. The molecule has 15 heavy (non-hydrogen) atoms. The number of aliphatic hydroxyl groups is 1. The van der Waals surface area contributed by atoms with Crippen molar-refractivity contribution in [3.05, 3.63) is 23.5 Å². The van der Waals surface area contributed by atoms with E-state index in [0.29, 0.717) is 17.9 Å². The highest BCUT2D eigenvalue weighted by Gasteiger charge is 2.19. The van der Waals surface area contributed by atoms with Crippen molar-refractivity contribution >= 4 is 12.3 Å². The number of carbonyl (C=O) groups is 1. The number of esters is 1. The molecule has 0 bridgehead atoms. The van der Waals surface area contributed by atoms with Gasteiger partial charge in [0.05, 0.1) is 17.9 Å². The second kappa shape index (κ2) is 3.74. The summed E-state index contributed by atoms with van der Waals surface area (Å²) in [5, 5.41) is 9.48. The number of aromatic nitrogens is 1. The molecule has 0 spiro atoms. The summed E-state index contributed by atoms with van der Waals surface area (Å²) < 4.78 is 6.37. The molecular weight excluding hydrogens is 198 g/mol. The predicted molar refractivity (Wildman–Crippen MR) is 53.2 cm³/mol. The van der Waals surface area contributed by atoms with Crippen LogP contribution in [0.4, 0.5) is 0 Å². The summed E-state index contributed by atoms with van der Waals surface area (Å²) in [7, 11) is 0. The Balaban J connectivity index is 2.27. The van der Waals surface area contributed by atoms with Crippen molar-refractivity contribution < 1.29 is 14.6 Å². The van der Waals surface area contributed by atoms with Crippen LogP contribution >= 0.6 is 0 Å². The zero-order valence-electron chi connectivity index (χ0n) is 8.17. The van der Waals surface area contributed by atoms with Gasteiger partial charge in [-0.2, -0.15) is 0 Å². The van der Waals surface area contributed by atoms with E-state index in [-0.39, 0.29) is 0 Å². The predicted octanol–water partition coefficient (Wildman–Crippen LogP) is 0.241. The van der Waals surface area contributed by atoms with Crippen LogP contribution in [0.25, 0.3) is 0 Å². The van der Waals surface area contributed by atoms with Gasteiger partial charge in [0, 0.05) is 6.20 Å². The fourth-order valence-corrected chi connectivity index (χ4v) is 1.36. The summed E-state index contributed by atoms with van der Waals surface area (Å²) in [4.78, 5) is 15.1. The molecule has 0 fully saturated rings. The van der Waals surface area contributed by atoms with Crippen LogP contribution in [0.2, 0.25) is 0 Å². The van der Waals surface area contributed by atoms with Crippen molar-refractivity contribution in [3.8, 4) is 0 Å². The number of fused-ring (bicyclic) bond motifs is 1. The van der Waals surface area contributed by atoms with Crippen LogP contribution in [0.15, 0.2) is 17.3 Å². The number of ether oxygens (including phenoxy) is 1. The first-order valence-corrected chi connectivity index (χ1v) is 4.58. The topological polar surface area (TPSA) is 75.8 Å². The van der Waals surface area contributed by atoms with Gasteiger partial charge in [-0.1, -0.05) is 0 Å². The number of aliphatic imine (C=N–C) groups is 1. The van der Waals surface area contributed by atoms with Crippen LogP contribution < -0.4 is 5.43 Å². The molecule has 1 aromatic rings. The maximum Gasteiger partial charge on any atom is 0.339 e. The van der Waals surface area contributed by atoms with Crippen LogP contribution in [0.5, 0.6) is 0 Å². The molecule has 6 heteroatoms. The smallest absolute Gasteiger partial charge is 0.339 e. The molecule has 0 amide bonds. The number of hydrogen-bond acceptors (Lipinski definition) is 5. The van der Waals surface area contributed by atoms with Gasteiger partial charge in [0.2, 0.25) is 0 Å². The third-order valence-electron chi connectivity index (χ3n) is 2.04. The van der Waals surface area contributed by atoms with E-state index < -0.39 is 12.2 Å². The lowest BCUT2D eigenvalue weighted by atomic mass is 10.3. The lowest BCUT2D eigenvalue weighted by molar-refractivity contribution is 0.0526. The number of aliphatic hydroxyl groups excluding tert-OH is 1. The van der Waals surface area contributed by atoms with E-state index in [0.717, 1.165) is 0 Å². The van der Waals surface area contributed by atoms with Gasteiger partial charge < -0.3 is 9.84 Å². The van der Waals surface area contributed by atoms with Crippen molar-refractivity contribution in [2.45, 2.75) is 13.2 Å². The zero-order chi connectivity index (χ0) is 10.8. The SMILES string of the molecule is CCOC(=O)c1cc2n(c1)NC=N[C@@H]2O. The molecule has 1 aromatic heterocycles. The molecule has 0 aromatic carbocycles. The summed E-state index contributed by atoms with van der Waals surface area (Å²) in [6.45, 7) is 2.07. The van der Waals surface area contributed by atoms with E-state index in [1.54, 1.807) is 19.2 Å². The largest absolute Gasteiger partial charge is 0.462 e. The van der Waals surface area contributed by atoms with Gasteiger partial charge in [-0.15, -0.1) is 0 Å². The molecular formula is C9H11N3O3. The van der Waals surface area contributed by atoms with Crippen LogP contribution in [-0.4, -0.2) is 28.7 Å². The van der Waals surface area contributed by atoms with Crippen LogP contribution in [0.3, 0.4) is 0 Å². The Morgan fingerprint density at radius 3 is 3.27 bits per heavy atom. The monoisotopic (exact) mass is 209 g/mol. The van der Waals surface area contributed by atoms with Crippen LogP contribution in [0, 0.1) is 0 Å². The van der Waals surface area contributed by atoms with E-state index in [4.69, 9.17) is 4.74 Å². The second-order valence-electron chi connectivity index (χ2n) is 3.03. The molecule has 0 radical (unpaired) electrons. The Kier molecular flexibility index (Phi) is 2.42. The summed E-state index contributed by atoms with van der Waals surface area (Å²) in [5.74, 6) is -0.409. The van der Waals surface area contributed by atoms with Crippen molar-refractivity contribution in [3.63, 3.8) is 0 Å². The van der Waals surface area contributed by atoms with Gasteiger partial charge in [0.15, 0.2) is 6.23 Å². The van der Waals surface area contributed by atoms with E-state index in [9.17, 15) is 9.90 Å². The molecule has 1 aliphatic rings. The first-order valence-electron chi connectivity index (χ1n) is 4.58. The Labute approximate surface area is 86.2 Å². The molecule has 2 heterocycles. The van der Waals surface area contributed by atoms with Gasteiger partial charge in [-0.3, -0.25) is 10.1 Å². The maximum atomic E-state index is 11.4. The third kappa shape index (κ3) is 1.71. The van der Waals surface area contributed by atoms with Gasteiger partial charge in [0.1, 0.15) is 6.34 Å². The van der Waals surface area contributed by atoms with Gasteiger partial charge >= 0.3 is 5.97 Å². The molecule has 2 rings (SSSR count). The molecule has 0 aliphatic carbocycles. The Morgan fingerprint density at radius 2 is 2.60 bits per heavy atom. The van der Waals surface area contributed by atoms with E-state index >= 15 is 0 Å². The molecule has 2 N–H and O–H groups in total. The number of nitrogens with one attached hydrogen (secondary N) is 1. The third-order valence-corrected chi connectivity index (χ3v) is 2.04. The van der Waals surface area contributed by atoms with Gasteiger partial charge in [0.25, 0.3) is 0 Å². The van der Waals surface area contributed by atoms with Crippen LogP contribution in [0.1, 0.15) is 29.2 Å². The summed E-state index contributed by atoms with van der Waals surface area (Å²) in [5.41, 5.74) is 3.67. The van der Waals surface area contributed by atoms with E-state index in [1.165, 1.54) is 11.0 Å². The lowest BCUT2D eigenvalue weighted by Gasteiger charge is -2.14. The van der Waals surface area contributed by atoms with Crippen molar-refractivity contribution in [2.24, 2.45) is 4.99 Å². The molecule has 1 aliphatic heterocycles. The number of rotatable bonds is 2. The summed E-state index contributed by atoms with van der Waals surface area (Å²) in [6.07, 6.45) is 1.99. The Hall–Kier alpha value is -1.82. The quantitative estimate of drug-likeness (QED) is 0.684. The van der Waals surface area contributed by atoms with Gasteiger partial charge in [-0.25, -0.2) is 9.79 Å². The summed E-state index contributed by atoms with van der Waals surface area (Å²) in [6, 6.07) is 1.55. The Bertz CT molecular complexity index is 411. The highest BCUT2D eigenvalue weighted by Crippen LogP contribution is 2.19. The highest BCUT2D eigenvalue weighted by atomic mass is 16.5. The lowest BCUT2D eigenvalue weighted by Crippen LogP contribution is -2.21. The van der Waals surface area contributed by atoms with Crippen molar-refractivity contribution in [2.75, 3.05) is 12.0 Å². The number of carbonyl (C=O) groups excluding carboxylic acids is 1. The van der Waals surface area contributed by atoms with Crippen molar-refractivity contribution in [1.29, 1.82) is 0 Å². The number of nitrogens with zero attached hydrogens (tertiary/aromatic N) is 2. The van der Waals surface area contributed by atoms with Gasteiger partial charge in [-0.05, 0) is 13.0 Å². The van der Waals surface area contributed by atoms with Crippen molar-refractivity contribution in [1.82, 2.24) is 4.68 Å². The highest BCUT2D eigenvalue weighted by molar-refractivity contribution is 5.89. The van der Waals surface area contributed by atoms with Crippen LogP contribution in [-0.2, 0) is 4.74 Å². The first kappa shape index (κ1) is 9.72. The molecule has 0 unspecified atom stereocenters. The second-order valence-corrected chi connectivity index (χ2v) is 3.03. The standard InChI is InChI=1S/C9H11N3O3/c1-2-15-9(14)6-3-7-8(13)10-5-11-12(7)4-6/h3-5,8,13H,2H2,1H3,(H,10,11)/t8-/m1/s1. The average molecular weight is 209 g/mol. The molecule has 0 saturated carbocycles. The average Bonchev–Trinajstić information content (AvgIpc) is 2.63. The fraction of sp³-hybridized carbons (Fsp3) is 0.333. The minimum Gasteiger partial charge on any atom is -0.462 e. The van der Waals surface area contributed by atoms with E-state index in [2.05, 4.69) is 10.4 Å². The normalized spacial score (nSPS) is 18.1. The summed E-state index contributed by atoms with van der Waals surface area (Å²) >= 11 is 0. The maximum absolute atomic E-state index is 11.4. The molecule has 0 saturated heterocycles. The number of hydrogen-bond donors (Lipinski definition) is 2. The molecule has 6 nitrogen and oxygen atoms in total. The zero-order valence-corrected chi connectivity index (χ0v) is 8.17. The minimum absolute atomic E-state index is 0.325. The minimum atomic E-state index is -0.936. The molecule has 1 atom stereocenters. The Morgan fingerprint density at radius 1 is 1.80 bits per heavy atom.